The number of carbonyl (C=O) groups is 1. The smallest absolute Gasteiger partial charge is 0.303 e. The highest BCUT2D eigenvalue weighted by Gasteiger charge is 2.37. The Morgan fingerprint density at radius 1 is 1.24 bits per heavy atom. The van der Waals surface area contributed by atoms with E-state index in [0.717, 1.165) is 73.6 Å². The summed E-state index contributed by atoms with van der Waals surface area (Å²) in [4.78, 5) is 25.8. The summed E-state index contributed by atoms with van der Waals surface area (Å²) in [5.74, 6) is 0.595. The van der Waals surface area contributed by atoms with Gasteiger partial charge in [0, 0.05) is 41.6 Å². The molecule has 0 saturated carbocycles. The molecule has 37 heavy (non-hydrogen) atoms. The van der Waals surface area contributed by atoms with Crippen LogP contribution in [0.2, 0.25) is 10.0 Å². The molecule has 2 aliphatic heterocycles. The van der Waals surface area contributed by atoms with Crippen LogP contribution in [0.5, 0.6) is 0 Å². The monoisotopic (exact) mass is 544 g/mol. The van der Waals surface area contributed by atoms with Crippen LogP contribution in [0.15, 0.2) is 24.4 Å². The number of aliphatic carboxylic acids is 1. The van der Waals surface area contributed by atoms with Gasteiger partial charge >= 0.3 is 5.97 Å². The molecule has 4 heterocycles. The molecule has 3 aromatic rings. The average Bonchev–Trinajstić information content (AvgIpc) is 3.46. The molecule has 0 bridgehead atoms. The fourth-order valence-electron chi connectivity index (χ4n) is 6.16. The lowest BCUT2D eigenvalue weighted by Gasteiger charge is -2.43. The Balaban J connectivity index is 1.36. The van der Waals surface area contributed by atoms with E-state index in [-0.39, 0.29) is 12.5 Å². The minimum absolute atomic E-state index is 0.131. The zero-order valence-electron chi connectivity index (χ0n) is 21.6. The van der Waals surface area contributed by atoms with Crippen LogP contribution >= 0.6 is 23.2 Å². The number of halogens is 2. The number of rotatable bonds is 7. The first-order valence-electron chi connectivity index (χ1n) is 13.1. The van der Waals surface area contributed by atoms with Gasteiger partial charge in [-0.15, -0.1) is 0 Å². The fraction of sp³-hybridized carbons (Fsp3) is 0.556. The molecular weight excluding hydrogens is 511 g/mol. The topological polar surface area (TPSA) is 87.4 Å². The summed E-state index contributed by atoms with van der Waals surface area (Å²) < 4.78 is 1.91. The second-order valence-corrected chi connectivity index (χ2v) is 11.4. The fourth-order valence-corrected chi connectivity index (χ4v) is 6.73. The van der Waals surface area contributed by atoms with Crippen molar-refractivity contribution in [3.8, 4) is 0 Å². The summed E-state index contributed by atoms with van der Waals surface area (Å²) in [6.45, 7) is 9.15. The van der Waals surface area contributed by atoms with Crippen LogP contribution in [-0.2, 0) is 4.79 Å². The van der Waals surface area contributed by atoms with Crippen molar-refractivity contribution in [1.82, 2.24) is 24.6 Å². The standard InChI is InChI=1S/C27H34Cl2N6O2/c1-16-15-33(12-10-23(16)34-11-4-5-20(34)7-9-25(36)37)24-14-30-26-17(2)32-35(27(26)31-24)18(3)21-8-6-19(28)13-22(21)29/h6,8,13-14,16,18,20,23H,4-5,7,9-12,15H2,1-3H3,(H,36,37)/t16-,18?,20?,23?/m1/s1. The van der Waals surface area contributed by atoms with E-state index in [9.17, 15) is 4.79 Å². The number of likely N-dealkylation sites (tertiary alicyclic amines) is 1. The van der Waals surface area contributed by atoms with E-state index in [4.69, 9.17) is 43.4 Å². The Morgan fingerprint density at radius 3 is 2.78 bits per heavy atom. The molecule has 2 aromatic heterocycles. The van der Waals surface area contributed by atoms with Gasteiger partial charge in [-0.2, -0.15) is 5.10 Å². The third-order valence-corrected chi connectivity index (χ3v) is 8.62. The number of carboxylic acids is 1. The molecule has 0 amide bonds. The van der Waals surface area contributed by atoms with Crippen LogP contribution in [0, 0.1) is 12.8 Å². The maximum Gasteiger partial charge on any atom is 0.303 e. The van der Waals surface area contributed by atoms with E-state index in [1.807, 2.05) is 29.9 Å². The number of aromatic nitrogens is 4. The molecule has 1 aromatic carbocycles. The summed E-state index contributed by atoms with van der Waals surface area (Å²) in [5, 5.41) is 15.1. The largest absolute Gasteiger partial charge is 0.481 e. The Bertz CT molecular complexity index is 1300. The molecule has 4 atom stereocenters. The van der Waals surface area contributed by atoms with E-state index in [0.29, 0.717) is 28.0 Å². The number of nitrogens with zero attached hydrogens (tertiary/aromatic N) is 6. The van der Waals surface area contributed by atoms with E-state index < -0.39 is 5.97 Å². The molecule has 2 aliphatic rings. The zero-order chi connectivity index (χ0) is 26.3. The van der Waals surface area contributed by atoms with E-state index in [1.54, 1.807) is 6.07 Å². The van der Waals surface area contributed by atoms with Crippen molar-refractivity contribution >= 4 is 46.2 Å². The van der Waals surface area contributed by atoms with Crippen molar-refractivity contribution in [3.63, 3.8) is 0 Å². The van der Waals surface area contributed by atoms with Gasteiger partial charge in [0.15, 0.2) is 5.65 Å². The van der Waals surface area contributed by atoms with Crippen LogP contribution in [-0.4, -0.2) is 67.4 Å². The average molecular weight is 546 g/mol. The van der Waals surface area contributed by atoms with Crippen LogP contribution < -0.4 is 4.90 Å². The molecule has 8 nitrogen and oxygen atoms in total. The van der Waals surface area contributed by atoms with Crippen LogP contribution in [0.4, 0.5) is 5.82 Å². The maximum atomic E-state index is 11.1. The maximum absolute atomic E-state index is 11.1. The molecule has 2 saturated heterocycles. The lowest BCUT2D eigenvalue weighted by molar-refractivity contribution is -0.137. The number of hydrogen-bond acceptors (Lipinski definition) is 6. The van der Waals surface area contributed by atoms with Crippen molar-refractivity contribution in [2.75, 3.05) is 24.5 Å². The molecule has 0 aliphatic carbocycles. The number of aryl methyl sites for hydroxylation is 1. The van der Waals surface area contributed by atoms with Gasteiger partial charge in [0.25, 0.3) is 0 Å². The highest BCUT2D eigenvalue weighted by Crippen LogP contribution is 2.34. The number of anilines is 1. The Labute approximate surface area is 227 Å². The number of carboxylic acid groups (broad SMARTS) is 1. The van der Waals surface area contributed by atoms with Crippen LogP contribution in [0.25, 0.3) is 11.2 Å². The molecule has 5 rings (SSSR count). The van der Waals surface area contributed by atoms with Gasteiger partial charge in [-0.1, -0.05) is 36.2 Å². The second-order valence-electron chi connectivity index (χ2n) is 10.5. The zero-order valence-corrected chi connectivity index (χ0v) is 23.1. The van der Waals surface area contributed by atoms with Crippen LogP contribution in [0.1, 0.15) is 63.3 Å². The van der Waals surface area contributed by atoms with Crippen molar-refractivity contribution < 1.29 is 9.90 Å². The van der Waals surface area contributed by atoms with Gasteiger partial charge in [-0.3, -0.25) is 9.69 Å². The quantitative estimate of drug-likeness (QED) is 0.414. The summed E-state index contributed by atoms with van der Waals surface area (Å²) in [5.41, 5.74) is 3.30. The van der Waals surface area contributed by atoms with Gasteiger partial charge in [0.1, 0.15) is 11.3 Å². The van der Waals surface area contributed by atoms with Crippen molar-refractivity contribution in [2.45, 2.75) is 71.0 Å². The van der Waals surface area contributed by atoms with E-state index >= 15 is 0 Å². The van der Waals surface area contributed by atoms with Gasteiger partial charge in [-0.05, 0) is 69.7 Å². The highest BCUT2D eigenvalue weighted by molar-refractivity contribution is 6.35. The molecule has 2 fully saturated rings. The van der Waals surface area contributed by atoms with Gasteiger partial charge in [0.05, 0.1) is 17.9 Å². The SMILES string of the molecule is Cc1nn(C(C)c2ccc(Cl)cc2Cl)c2nc(N3CCC(N4CCCC4CCC(=O)O)[C@H](C)C3)cnc12. The molecule has 0 spiro atoms. The van der Waals surface area contributed by atoms with Gasteiger partial charge in [0.2, 0.25) is 0 Å². The van der Waals surface area contributed by atoms with Crippen molar-refractivity contribution in [2.24, 2.45) is 5.92 Å². The number of piperidine rings is 1. The second kappa shape index (κ2) is 10.8. The first-order chi connectivity index (χ1) is 17.7. The minimum atomic E-state index is -0.703. The summed E-state index contributed by atoms with van der Waals surface area (Å²) in [7, 11) is 0. The molecule has 3 unspecified atom stereocenters. The third-order valence-electron chi connectivity index (χ3n) is 8.06. The van der Waals surface area contributed by atoms with Crippen molar-refractivity contribution in [3.05, 3.63) is 45.7 Å². The van der Waals surface area contributed by atoms with Gasteiger partial charge in [-0.25, -0.2) is 14.6 Å². The normalized spacial score (nSPS) is 23.6. The number of hydrogen-bond donors (Lipinski definition) is 1. The Hall–Kier alpha value is -2.42. The molecule has 10 heteroatoms. The first kappa shape index (κ1) is 26.2. The van der Waals surface area contributed by atoms with Crippen molar-refractivity contribution in [1.29, 1.82) is 0 Å². The lowest BCUT2D eigenvalue weighted by Crippen LogP contribution is -2.52. The van der Waals surface area contributed by atoms with Crippen LogP contribution in [0.3, 0.4) is 0 Å². The minimum Gasteiger partial charge on any atom is -0.481 e. The Kier molecular flexibility index (Phi) is 7.61. The molecule has 198 valence electrons. The number of benzene rings is 1. The summed E-state index contributed by atoms with van der Waals surface area (Å²) in [6.07, 6.45) is 6.12. The molecular formula is C27H34Cl2N6O2. The molecule has 1 N–H and O–H groups in total. The van der Waals surface area contributed by atoms with Gasteiger partial charge < -0.3 is 10.0 Å². The van der Waals surface area contributed by atoms with E-state index in [1.165, 1.54) is 0 Å². The predicted molar refractivity (Wildman–Crippen MR) is 147 cm³/mol. The summed E-state index contributed by atoms with van der Waals surface area (Å²) >= 11 is 12.6. The lowest BCUT2D eigenvalue weighted by atomic mass is 9.91. The highest BCUT2D eigenvalue weighted by atomic mass is 35.5. The molecule has 0 radical (unpaired) electrons. The summed E-state index contributed by atoms with van der Waals surface area (Å²) in [6, 6.07) is 6.24. The number of fused-ring (bicyclic) bond motifs is 1. The van der Waals surface area contributed by atoms with E-state index in [2.05, 4.69) is 23.6 Å². The predicted octanol–water partition coefficient (Wildman–Crippen LogP) is 5.59. The first-order valence-corrected chi connectivity index (χ1v) is 13.9. The Morgan fingerprint density at radius 2 is 2.05 bits per heavy atom. The third kappa shape index (κ3) is 5.29.